The van der Waals surface area contributed by atoms with Crippen molar-refractivity contribution in [1.82, 2.24) is 20.3 Å². The van der Waals surface area contributed by atoms with Gasteiger partial charge in [0.1, 0.15) is 11.6 Å². The van der Waals surface area contributed by atoms with Crippen molar-refractivity contribution in [2.75, 3.05) is 16.4 Å². The van der Waals surface area contributed by atoms with Crippen LogP contribution in [0.1, 0.15) is 0 Å². The molecule has 0 fully saturated rings. The van der Waals surface area contributed by atoms with E-state index in [0.29, 0.717) is 0 Å². The molecule has 0 aliphatic rings. The summed E-state index contributed by atoms with van der Waals surface area (Å²) in [5.41, 5.74) is 6.34. The fourth-order valence-corrected chi connectivity index (χ4v) is 2.26. The minimum absolute atomic E-state index is 0.111. The van der Waals surface area contributed by atoms with Crippen LogP contribution in [0.5, 0.6) is 0 Å². The third-order valence-corrected chi connectivity index (χ3v) is 3.49. The van der Waals surface area contributed by atoms with Gasteiger partial charge in [-0.05, 0) is 40.6 Å². The number of nitrogens with zero attached hydrogens (tertiary/aromatic N) is 4. The van der Waals surface area contributed by atoms with Gasteiger partial charge >= 0.3 is 0 Å². The highest BCUT2D eigenvalue weighted by molar-refractivity contribution is 5.79. The molecular formula is C16H11F2N7O. The number of hydrogen-bond acceptors (Lipinski definition) is 8. The topological polar surface area (TPSA) is 115 Å². The van der Waals surface area contributed by atoms with E-state index in [0.717, 1.165) is 6.07 Å². The van der Waals surface area contributed by atoms with E-state index < -0.39 is 11.6 Å². The van der Waals surface area contributed by atoms with Crippen LogP contribution in [0.15, 0.2) is 47.1 Å². The smallest absolute Gasteiger partial charge is 0.245 e. The summed E-state index contributed by atoms with van der Waals surface area (Å²) in [6.07, 6.45) is 0. The second-order valence-electron chi connectivity index (χ2n) is 5.30. The molecule has 0 bridgehead atoms. The standard InChI is InChI=1S/C16H11F2N7O/c17-9-3-1-2-4-11(9)20-13-14(23-16-15(22-13)24-26-25-16)21-12-6-5-8(19)7-10(12)18/h1-7H,19H2,(H,20,22,24)(H,21,23,25). The Kier molecular flexibility index (Phi) is 3.77. The van der Waals surface area contributed by atoms with Crippen LogP contribution in [-0.4, -0.2) is 20.3 Å². The molecule has 0 aliphatic carbocycles. The Balaban J connectivity index is 1.78. The first-order valence-electron chi connectivity index (χ1n) is 7.44. The highest BCUT2D eigenvalue weighted by atomic mass is 19.1. The second-order valence-corrected chi connectivity index (χ2v) is 5.30. The molecule has 2 aromatic carbocycles. The molecule has 0 amide bonds. The van der Waals surface area contributed by atoms with Gasteiger partial charge in [0.15, 0.2) is 11.6 Å². The van der Waals surface area contributed by atoms with Crippen molar-refractivity contribution >= 4 is 40.0 Å². The van der Waals surface area contributed by atoms with E-state index in [1.165, 1.54) is 24.3 Å². The summed E-state index contributed by atoms with van der Waals surface area (Å²) in [6.45, 7) is 0. The molecule has 0 spiro atoms. The Morgan fingerprint density at radius 1 is 0.808 bits per heavy atom. The van der Waals surface area contributed by atoms with E-state index in [1.54, 1.807) is 12.1 Å². The molecule has 0 radical (unpaired) electrons. The van der Waals surface area contributed by atoms with E-state index in [2.05, 4.69) is 35.5 Å². The molecule has 4 rings (SSSR count). The van der Waals surface area contributed by atoms with Crippen molar-refractivity contribution in [3.63, 3.8) is 0 Å². The number of anilines is 5. The number of hydrogen-bond donors (Lipinski definition) is 3. The van der Waals surface area contributed by atoms with Crippen molar-refractivity contribution in [3.8, 4) is 0 Å². The summed E-state index contributed by atoms with van der Waals surface area (Å²) in [5.74, 6) is -0.839. The van der Waals surface area contributed by atoms with Crippen molar-refractivity contribution in [1.29, 1.82) is 0 Å². The lowest BCUT2D eigenvalue weighted by Crippen LogP contribution is -2.05. The van der Waals surface area contributed by atoms with E-state index in [1.807, 2.05) is 0 Å². The van der Waals surface area contributed by atoms with E-state index >= 15 is 0 Å². The number of para-hydroxylation sites is 1. The normalized spacial score (nSPS) is 10.8. The maximum atomic E-state index is 14.1. The SMILES string of the molecule is Nc1ccc(Nc2nc3nonc3nc2Nc2ccccc2F)c(F)c1. The minimum Gasteiger partial charge on any atom is -0.399 e. The fraction of sp³-hybridized carbons (Fsp3) is 0. The lowest BCUT2D eigenvalue weighted by atomic mass is 10.2. The first-order valence-corrected chi connectivity index (χ1v) is 7.44. The van der Waals surface area contributed by atoms with E-state index in [-0.39, 0.29) is 40.0 Å². The van der Waals surface area contributed by atoms with Gasteiger partial charge in [-0.3, -0.25) is 0 Å². The molecule has 0 saturated carbocycles. The number of nitrogens with one attached hydrogen (secondary N) is 2. The van der Waals surface area contributed by atoms with Gasteiger partial charge in [-0.15, -0.1) is 0 Å². The lowest BCUT2D eigenvalue weighted by Gasteiger charge is -2.12. The molecule has 0 atom stereocenters. The lowest BCUT2D eigenvalue weighted by molar-refractivity contribution is 0.314. The van der Waals surface area contributed by atoms with Crippen LogP contribution in [-0.2, 0) is 0 Å². The number of nitrogen functional groups attached to an aromatic ring is 1. The van der Waals surface area contributed by atoms with Crippen molar-refractivity contribution in [3.05, 3.63) is 54.1 Å². The molecule has 4 N–H and O–H groups in total. The Bertz CT molecular complexity index is 1100. The van der Waals surface area contributed by atoms with Gasteiger partial charge in [0, 0.05) is 5.69 Å². The number of halogens is 2. The van der Waals surface area contributed by atoms with Crippen LogP contribution in [0.2, 0.25) is 0 Å². The highest BCUT2D eigenvalue weighted by Gasteiger charge is 2.16. The van der Waals surface area contributed by atoms with Gasteiger partial charge in [0.2, 0.25) is 11.3 Å². The number of nitrogens with two attached hydrogens (primary N) is 1. The number of benzene rings is 2. The summed E-state index contributed by atoms with van der Waals surface area (Å²) in [7, 11) is 0. The van der Waals surface area contributed by atoms with Crippen molar-refractivity contribution < 1.29 is 13.4 Å². The third kappa shape index (κ3) is 2.95. The Labute approximate surface area is 145 Å². The van der Waals surface area contributed by atoms with Crippen LogP contribution in [0.25, 0.3) is 11.3 Å². The van der Waals surface area contributed by atoms with Gasteiger partial charge in [-0.2, -0.15) is 0 Å². The van der Waals surface area contributed by atoms with Crippen molar-refractivity contribution in [2.45, 2.75) is 0 Å². The molecule has 2 heterocycles. The quantitative estimate of drug-likeness (QED) is 0.477. The molecule has 2 aromatic heterocycles. The fourth-order valence-electron chi connectivity index (χ4n) is 2.26. The number of fused-ring (bicyclic) bond motifs is 1. The van der Waals surface area contributed by atoms with Gasteiger partial charge in [0.25, 0.3) is 0 Å². The molecule has 26 heavy (non-hydrogen) atoms. The van der Waals surface area contributed by atoms with Gasteiger partial charge in [-0.25, -0.2) is 23.4 Å². The molecule has 4 aromatic rings. The van der Waals surface area contributed by atoms with Gasteiger partial charge < -0.3 is 16.4 Å². The van der Waals surface area contributed by atoms with E-state index in [4.69, 9.17) is 5.73 Å². The monoisotopic (exact) mass is 355 g/mol. The average molecular weight is 355 g/mol. The Hall–Kier alpha value is -3.82. The van der Waals surface area contributed by atoms with Crippen molar-refractivity contribution in [2.24, 2.45) is 0 Å². The molecule has 8 nitrogen and oxygen atoms in total. The molecule has 10 heteroatoms. The van der Waals surface area contributed by atoms with Crippen LogP contribution in [0, 0.1) is 11.6 Å². The van der Waals surface area contributed by atoms with Gasteiger partial charge in [0.05, 0.1) is 11.4 Å². The maximum absolute atomic E-state index is 14.1. The zero-order valence-corrected chi connectivity index (χ0v) is 13.1. The molecule has 0 saturated heterocycles. The summed E-state index contributed by atoms with van der Waals surface area (Å²) in [6, 6.07) is 10.2. The summed E-state index contributed by atoms with van der Waals surface area (Å²) in [5, 5.41) is 12.8. The first kappa shape index (κ1) is 15.7. The Morgan fingerprint density at radius 2 is 1.42 bits per heavy atom. The second kappa shape index (κ2) is 6.24. The summed E-state index contributed by atoms with van der Waals surface area (Å²) < 4.78 is 32.6. The predicted octanol–water partition coefficient (Wildman–Crippen LogP) is 3.36. The minimum atomic E-state index is -0.581. The van der Waals surface area contributed by atoms with Gasteiger partial charge in [-0.1, -0.05) is 12.1 Å². The molecule has 0 unspecified atom stereocenters. The number of rotatable bonds is 4. The summed E-state index contributed by atoms with van der Waals surface area (Å²) in [4.78, 5) is 8.39. The van der Waals surface area contributed by atoms with Crippen LogP contribution < -0.4 is 16.4 Å². The molecule has 130 valence electrons. The first-order chi connectivity index (χ1) is 12.6. The zero-order chi connectivity index (χ0) is 18.1. The zero-order valence-electron chi connectivity index (χ0n) is 13.1. The largest absolute Gasteiger partial charge is 0.399 e. The predicted molar refractivity (Wildman–Crippen MR) is 91.2 cm³/mol. The van der Waals surface area contributed by atoms with Crippen LogP contribution >= 0.6 is 0 Å². The number of aromatic nitrogens is 4. The highest BCUT2D eigenvalue weighted by Crippen LogP contribution is 2.29. The van der Waals surface area contributed by atoms with E-state index in [9.17, 15) is 8.78 Å². The molecular weight excluding hydrogens is 344 g/mol. The third-order valence-electron chi connectivity index (χ3n) is 3.49. The van der Waals surface area contributed by atoms with Crippen LogP contribution in [0.3, 0.4) is 0 Å². The van der Waals surface area contributed by atoms with Crippen LogP contribution in [0.4, 0.5) is 37.5 Å². The average Bonchev–Trinajstić information content (AvgIpc) is 3.06. The Morgan fingerprint density at radius 3 is 2.04 bits per heavy atom. The maximum Gasteiger partial charge on any atom is 0.245 e. The summed E-state index contributed by atoms with van der Waals surface area (Å²) >= 11 is 0. The molecule has 0 aliphatic heterocycles.